The Balaban J connectivity index is 2.16. The molecule has 0 aromatic heterocycles. The maximum atomic E-state index is 12.4. The summed E-state index contributed by atoms with van der Waals surface area (Å²) in [6.07, 6.45) is 1.21. The molecule has 0 unspecified atom stereocenters. The van der Waals surface area contributed by atoms with E-state index in [-0.39, 0.29) is 29.4 Å². The van der Waals surface area contributed by atoms with Gasteiger partial charge in [0.25, 0.3) is 0 Å². The zero-order valence-corrected chi connectivity index (χ0v) is 13.8. The molecule has 0 radical (unpaired) electrons. The SMILES string of the molecule is C=CC(=O)OCCCS(=O)(=O)c1ccc(O)c(-c2ccccc2)c1. The third-order valence-electron chi connectivity index (χ3n) is 3.38. The Morgan fingerprint density at radius 2 is 1.88 bits per heavy atom. The van der Waals surface area contributed by atoms with E-state index in [9.17, 15) is 18.3 Å². The highest BCUT2D eigenvalue weighted by atomic mass is 32.2. The number of rotatable bonds is 7. The van der Waals surface area contributed by atoms with Gasteiger partial charge in [0, 0.05) is 11.6 Å². The van der Waals surface area contributed by atoms with Gasteiger partial charge in [-0.2, -0.15) is 0 Å². The van der Waals surface area contributed by atoms with Gasteiger partial charge in [0.05, 0.1) is 17.3 Å². The predicted octanol–water partition coefficient (Wildman–Crippen LogP) is 2.95. The molecule has 0 fully saturated rings. The number of hydrogen-bond donors (Lipinski definition) is 1. The number of aromatic hydroxyl groups is 1. The first-order valence-electron chi connectivity index (χ1n) is 7.34. The van der Waals surface area contributed by atoms with E-state index >= 15 is 0 Å². The minimum Gasteiger partial charge on any atom is -0.507 e. The first kappa shape index (κ1) is 17.7. The van der Waals surface area contributed by atoms with Crippen molar-refractivity contribution < 1.29 is 23.1 Å². The van der Waals surface area contributed by atoms with Crippen LogP contribution in [0.2, 0.25) is 0 Å². The monoisotopic (exact) mass is 346 g/mol. The zero-order chi connectivity index (χ0) is 17.6. The van der Waals surface area contributed by atoms with E-state index in [1.165, 1.54) is 18.2 Å². The average Bonchev–Trinajstić information content (AvgIpc) is 2.59. The number of benzene rings is 2. The summed E-state index contributed by atoms with van der Waals surface area (Å²) >= 11 is 0. The molecule has 0 aliphatic rings. The van der Waals surface area contributed by atoms with Crippen LogP contribution in [0.4, 0.5) is 0 Å². The topological polar surface area (TPSA) is 80.7 Å². The van der Waals surface area contributed by atoms with Gasteiger partial charge in [0.1, 0.15) is 5.75 Å². The summed E-state index contributed by atoms with van der Waals surface area (Å²) in [5, 5.41) is 9.99. The molecule has 0 saturated carbocycles. The van der Waals surface area contributed by atoms with Crippen molar-refractivity contribution in [2.45, 2.75) is 11.3 Å². The molecular formula is C18H18O5S. The molecule has 2 aromatic rings. The fourth-order valence-electron chi connectivity index (χ4n) is 2.16. The Morgan fingerprint density at radius 1 is 1.17 bits per heavy atom. The van der Waals surface area contributed by atoms with Gasteiger partial charge in [0.15, 0.2) is 9.84 Å². The maximum absolute atomic E-state index is 12.4. The number of phenolic OH excluding ortho intramolecular Hbond substituents is 1. The lowest BCUT2D eigenvalue weighted by Gasteiger charge is -2.09. The molecule has 0 spiro atoms. The van der Waals surface area contributed by atoms with E-state index < -0.39 is 15.8 Å². The summed E-state index contributed by atoms with van der Waals surface area (Å²) in [7, 11) is -3.54. The molecular weight excluding hydrogens is 328 g/mol. The van der Waals surface area contributed by atoms with Gasteiger partial charge in [-0.05, 0) is 30.2 Å². The summed E-state index contributed by atoms with van der Waals surface area (Å²) in [5.41, 5.74) is 1.18. The lowest BCUT2D eigenvalue weighted by Crippen LogP contribution is -2.11. The van der Waals surface area contributed by atoms with E-state index in [0.717, 1.165) is 11.6 Å². The molecule has 0 aliphatic heterocycles. The van der Waals surface area contributed by atoms with Crippen molar-refractivity contribution in [3.05, 3.63) is 61.2 Å². The molecule has 0 atom stereocenters. The Morgan fingerprint density at radius 3 is 2.54 bits per heavy atom. The second kappa shape index (κ2) is 7.79. The number of carbonyl (C=O) groups excluding carboxylic acids is 1. The predicted molar refractivity (Wildman–Crippen MR) is 91.4 cm³/mol. The minimum atomic E-state index is -3.54. The fraction of sp³-hybridized carbons (Fsp3) is 0.167. The van der Waals surface area contributed by atoms with E-state index in [2.05, 4.69) is 6.58 Å². The first-order valence-corrected chi connectivity index (χ1v) is 8.99. The third-order valence-corrected chi connectivity index (χ3v) is 5.18. The molecule has 0 amide bonds. The Labute approximate surface area is 141 Å². The molecule has 2 rings (SSSR count). The lowest BCUT2D eigenvalue weighted by molar-refractivity contribution is -0.137. The zero-order valence-electron chi connectivity index (χ0n) is 13.0. The molecule has 6 heteroatoms. The second-order valence-corrected chi connectivity index (χ2v) is 7.20. The quantitative estimate of drug-likeness (QED) is 0.474. The van der Waals surface area contributed by atoms with Crippen LogP contribution in [0.25, 0.3) is 11.1 Å². The molecule has 0 aliphatic carbocycles. The summed E-state index contributed by atoms with van der Waals surface area (Å²) in [4.78, 5) is 11.0. The summed E-state index contributed by atoms with van der Waals surface area (Å²) in [6.45, 7) is 3.27. The normalized spacial score (nSPS) is 11.0. The Kier molecular flexibility index (Phi) is 5.76. The highest BCUT2D eigenvalue weighted by molar-refractivity contribution is 7.91. The number of phenols is 1. The number of carbonyl (C=O) groups is 1. The van der Waals surface area contributed by atoms with Crippen molar-refractivity contribution >= 4 is 15.8 Å². The van der Waals surface area contributed by atoms with E-state index in [1.54, 1.807) is 12.1 Å². The average molecular weight is 346 g/mol. The van der Waals surface area contributed by atoms with Crippen molar-refractivity contribution in [3.63, 3.8) is 0 Å². The van der Waals surface area contributed by atoms with Crippen LogP contribution in [-0.4, -0.2) is 31.9 Å². The second-order valence-electron chi connectivity index (χ2n) is 5.09. The standard InChI is InChI=1S/C18H18O5S/c1-2-18(20)23-11-6-12-24(21,22)15-9-10-17(19)16(13-15)14-7-4-3-5-8-14/h2-5,7-10,13,19H,1,6,11-12H2. The van der Waals surface area contributed by atoms with Gasteiger partial charge >= 0.3 is 5.97 Å². The smallest absolute Gasteiger partial charge is 0.330 e. The summed E-state index contributed by atoms with van der Waals surface area (Å²) < 4.78 is 29.6. The van der Waals surface area contributed by atoms with Gasteiger partial charge in [-0.25, -0.2) is 13.2 Å². The maximum Gasteiger partial charge on any atom is 0.330 e. The Hall–Kier alpha value is -2.60. The van der Waals surface area contributed by atoms with Crippen LogP contribution < -0.4 is 0 Å². The molecule has 126 valence electrons. The summed E-state index contributed by atoms with van der Waals surface area (Å²) in [5.74, 6) is -0.723. The fourth-order valence-corrected chi connectivity index (χ4v) is 3.46. The van der Waals surface area contributed by atoms with Crippen molar-refractivity contribution in [1.29, 1.82) is 0 Å². The number of sulfone groups is 1. The van der Waals surface area contributed by atoms with Gasteiger partial charge in [-0.15, -0.1) is 0 Å². The van der Waals surface area contributed by atoms with Crippen molar-refractivity contribution in [3.8, 4) is 16.9 Å². The van der Waals surface area contributed by atoms with Crippen LogP contribution in [0, 0.1) is 0 Å². The molecule has 0 heterocycles. The van der Waals surface area contributed by atoms with Crippen LogP contribution in [0.15, 0.2) is 66.1 Å². The molecule has 0 saturated heterocycles. The number of ether oxygens (including phenoxy) is 1. The number of esters is 1. The van der Waals surface area contributed by atoms with Crippen molar-refractivity contribution in [1.82, 2.24) is 0 Å². The van der Waals surface area contributed by atoms with Crippen LogP contribution >= 0.6 is 0 Å². The largest absolute Gasteiger partial charge is 0.507 e. The first-order chi connectivity index (χ1) is 11.4. The highest BCUT2D eigenvalue weighted by Gasteiger charge is 2.17. The van der Waals surface area contributed by atoms with Crippen LogP contribution in [0.3, 0.4) is 0 Å². The molecule has 5 nitrogen and oxygen atoms in total. The van der Waals surface area contributed by atoms with E-state index in [1.807, 2.05) is 18.2 Å². The molecule has 24 heavy (non-hydrogen) atoms. The Bertz CT molecular complexity index is 826. The van der Waals surface area contributed by atoms with Gasteiger partial charge < -0.3 is 9.84 Å². The van der Waals surface area contributed by atoms with Crippen LogP contribution in [0.1, 0.15) is 6.42 Å². The minimum absolute atomic E-state index is 0.00765. The van der Waals surface area contributed by atoms with Crippen LogP contribution in [0.5, 0.6) is 5.75 Å². The van der Waals surface area contributed by atoms with E-state index in [0.29, 0.717) is 5.56 Å². The lowest BCUT2D eigenvalue weighted by atomic mass is 10.1. The van der Waals surface area contributed by atoms with Crippen molar-refractivity contribution in [2.24, 2.45) is 0 Å². The molecule has 2 aromatic carbocycles. The highest BCUT2D eigenvalue weighted by Crippen LogP contribution is 2.31. The van der Waals surface area contributed by atoms with E-state index in [4.69, 9.17) is 4.74 Å². The molecule has 0 bridgehead atoms. The van der Waals surface area contributed by atoms with Gasteiger partial charge in [-0.1, -0.05) is 36.9 Å². The van der Waals surface area contributed by atoms with Crippen LogP contribution in [-0.2, 0) is 19.4 Å². The number of hydrogen-bond acceptors (Lipinski definition) is 5. The third kappa shape index (κ3) is 4.45. The van der Waals surface area contributed by atoms with Crippen molar-refractivity contribution in [2.75, 3.05) is 12.4 Å². The summed E-state index contributed by atoms with van der Waals surface area (Å²) in [6, 6.07) is 13.2. The van der Waals surface area contributed by atoms with Gasteiger partial charge in [0.2, 0.25) is 0 Å². The molecule has 1 N–H and O–H groups in total. The van der Waals surface area contributed by atoms with Gasteiger partial charge in [-0.3, -0.25) is 0 Å².